The van der Waals surface area contributed by atoms with E-state index < -0.39 is 0 Å². The van der Waals surface area contributed by atoms with Gasteiger partial charge in [0.05, 0.1) is 19.3 Å². The van der Waals surface area contributed by atoms with Crippen LogP contribution >= 0.6 is 11.6 Å². The maximum Gasteiger partial charge on any atom is 0.254 e. The molecule has 4 rings (SSSR count). The van der Waals surface area contributed by atoms with Gasteiger partial charge in [-0.05, 0) is 73.9 Å². The van der Waals surface area contributed by atoms with Crippen LogP contribution in [-0.2, 0) is 6.42 Å². The number of rotatable bonds is 7. The topological polar surface area (TPSA) is 48.0 Å². The lowest BCUT2D eigenvalue weighted by Crippen LogP contribution is -2.42. The van der Waals surface area contributed by atoms with Gasteiger partial charge in [0.2, 0.25) is 0 Å². The predicted molar refractivity (Wildman–Crippen MR) is 130 cm³/mol. The third-order valence-electron chi connectivity index (χ3n) is 5.64. The molecular weight excluding hydrogens is 438 g/mol. The number of nitrogens with zero attached hydrogens (tertiary/aromatic N) is 1. The van der Waals surface area contributed by atoms with Gasteiger partial charge in [-0.3, -0.25) is 4.79 Å². The van der Waals surface area contributed by atoms with E-state index in [9.17, 15) is 4.79 Å². The van der Waals surface area contributed by atoms with Crippen molar-refractivity contribution in [2.24, 2.45) is 0 Å². The predicted octanol–water partition coefficient (Wildman–Crippen LogP) is 5.95. The summed E-state index contributed by atoms with van der Waals surface area (Å²) in [6, 6.07) is 20.4. The molecule has 0 N–H and O–H groups in total. The molecule has 0 fully saturated rings. The van der Waals surface area contributed by atoms with Gasteiger partial charge in [-0.1, -0.05) is 35.9 Å². The van der Waals surface area contributed by atoms with Crippen molar-refractivity contribution in [3.8, 4) is 17.2 Å². The molecule has 3 aromatic rings. The summed E-state index contributed by atoms with van der Waals surface area (Å²) < 4.78 is 17.5. The Morgan fingerprint density at radius 3 is 2.58 bits per heavy atom. The average Bonchev–Trinajstić information content (AvgIpc) is 2.81. The Bertz CT molecular complexity index is 1130. The first kappa shape index (κ1) is 23.0. The van der Waals surface area contributed by atoms with Crippen molar-refractivity contribution in [1.82, 2.24) is 4.90 Å². The van der Waals surface area contributed by atoms with Crippen molar-refractivity contribution in [3.63, 3.8) is 0 Å². The molecule has 1 atom stereocenters. The molecule has 0 spiro atoms. The van der Waals surface area contributed by atoms with Gasteiger partial charge in [0.25, 0.3) is 5.91 Å². The van der Waals surface area contributed by atoms with Crippen LogP contribution in [0.1, 0.15) is 41.4 Å². The summed E-state index contributed by atoms with van der Waals surface area (Å²) in [6.07, 6.45) is 0.833. The number of para-hydroxylation sites is 2. The van der Waals surface area contributed by atoms with Crippen LogP contribution in [0, 0.1) is 0 Å². The fraction of sp³-hybridized carbons (Fsp3) is 0.296. The van der Waals surface area contributed by atoms with E-state index in [2.05, 4.69) is 6.07 Å². The fourth-order valence-electron chi connectivity index (χ4n) is 4.15. The number of ether oxygens (including phenoxy) is 3. The molecule has 0 bridgehead atoms. The molecular formula is C27H28ClNO4. The van der Waals surface area contributed by atoms with Crippen molar-refractivity contribution in [2.75, 3.05) is 20.3 Å². The minimum atomic E-state index is -0.266. The molecule has 172 valence electrons. The van der Waals surface area contributed by atoms with Crippen LogP contribution in [0.4, 0.5) is 0 Å². The Morgan fingerprint density at radius 1 is 1.06 bits per heavy atom. The molecule has 1 unspecified atom stereocenters. The van der Waals surface area contributed by atoms with E-state index in [4.69, 9.17) is 25.8 Å². The SMILES string of the molecule is COc1ccccc1OCC1c2ccc(OC(C)C)cc2CCN1C(=O)c1cccc(Cl)c1. The quantitative estimate of drug-likeness (QED) is 0.432. The Balaban J connectivity index is 1.66. The molecule has 0 aliphatic carbocycles. The minimum absolute atomic E-state index is 0.0701. The Morgan fingerprint density at radius 2 is 1.85 bits per heavy atom. The highest BCUT2D eigenvalue weighted by Crippen LogP contribution is 2.35. The number of carbonyl (C=O) groups is 1. The number of amides is 1. The second kappa shape index (κ2) is 10.2. The highest BCUT2D eigenvalue weighted by atomic mass is 35.5. The van der Waals surface area contributed by atoms with Crippen LogP contribution in [0.2, 0.25) is 5.02 Å². The van der Waals surface area contributed by atoms with Gasteiger partial charge in [-0.2, -0.15) is 0 Å². The molecule has 1 heterocycles. The molecule has 1 amide bonds. The summed E-state index contributed by atoms with van der Waals surface area (Å²) in [6.45, 7) is 4.89. The van der Waals surface area contributed by atoms with E-state index in [1.807, 2.05) is 55.1 Å². The molecule has 5 nitrogen and oxygen atoms in total. The molecule has 1 aliphatic heterocycles. The van der Waals surface area contributed by atoms with Crippen molar-refractivity contribution >= 4 is 17.5 Å². The number of fused-ring (bicyclic) bond motifs is 1. The third-order valence-corrected chi connectivity index (χ3v) is 5.88. The summed E-state index contributed by atoms with van der Waals surface area (Å²) in [5.41, 5.74) is 2.78. The van der Waals surface area contributed by atoms with Crippen LogP contribution in [0.15, 0.2) is 66.7 Å². The van der Waals surface area contributed by atoms with Crippen LogP contribution in [0.25, 0.3) is 0 Å². The second-order valence-electron chi connectivity index (χ2n) is 8.26. The van der Waals surface area contributed by atoms with E-state index >= 15 is 0 Å². The summed E-state index contributed by atoms with van der Waals surface area (Å²) in [5.74, 6) is 2.06. The zero-order valence-electron chi connectivity index (χ0n) is 19.1. The average molecular weight is 466 g/mol. The van der Waals surface area contributed by atoms with Gasteiger partial charge in [0.1, 0.15) is 12.4 Å². The molecule has 0 saturated heterocycles. The van der Waals surface area contributed by atoms with Crippen molar-refractivity contribution < 1.29 is 19.0 Å². The van der Waals surface area contributed by atoms with Crippen LogP contribution in [0.5, 0.6) is 17.2 Å². The van der Waals surface area contributed by atoms with Crippen molar-refractivity contribution in [3.05, 3.63) is 88.4 Å². The van der Waals surface area contributed by atoms with Crippen LogP contribution in [0.3, 0.4) is 0 Å². The summed E-state index contributed by atoms with van der Waals surface area (Å²) in [4.78, 5) is 15.3. The van der Waals surface area contributed by atoms with E-state index in [0.29, 0.717) is 35.2 Å². The number of halogens is 1. The van der Waals surface area contributed by atoms with Crippen molar-refractivity contribution in [1.29, 1.82) is 0 Å². The van der Waals surface area contributed by atoms with Gasteiger partial charge in [0.15, 0.2) is 11.5 Å². The fourth-order valence-corrected chi connectivity index (χ4v) is 4.34. The Labute approximate surface area is 199 Å². The number of benzene rings is 3. The van der Waals surface area contributed by atoms with E-state index in [1.165, 1.54) is 0 Å². The second-order valence-corrected chi connectivity index (χ2v) is 8.70. The van der Waals surface area contributed by atoms with Gasteiger partial charge in [-0.25, -0.2) is 0 Å². The lowest BCUT2D eigenvalue weighted by Gasteiger charge is -2.37. The highest BCUT2D eigenvalue weighted by Gasteiger charge is 2.32. The largest absolute Gasteiger partial charge is 0.493 e. The summed E-state index contributed by atoms with van der Waals surface area (Å²) >= 11 is 6.16. The summed E-state index contributed by atoms with van der Waals surface area (Å²) in [5, 5.41) is 0.538. The molecule has 3 aromatic carbocycles. The minimum Gasteiger partial charge on any atom is -0.493 e. The molecule has 6 heteroatoms. The first-order valence-corrected chi connectivity index (χ1v) is 11.5. The maximum atomic E-state index is 13.5. The highest BCUT2D eigenvalue weighted by molar-refractivity contribution is 6.30. The molecule has 0 aromatic heterocycles. The third kappa shape index (κ3) is 5.25. The number of hydrogen-bond acceptors (Lipinski definition) is 4. The molecule has 0 saturated carbocycles. The first-order valence-electron chi connectivity index (χ1n) is 11.1. The maximum absolute atomic E-state index is 13.5. The Hall–Kier alpha value is -3.18. The zero-order chi connectivity index (χ0) is 23.4. The van der Waals surface area contributed by atoms with Gasteiger partial charge >= 0.3 is 0 Å². The van der Waals surface area contributed by atoms with E-state index in [-0.39, 0.29) is 18.1 Å². The zero-order valence-corrected chi connectivity index (χ0v) is 19.8. The number of carbonyl (C=O) groups excluding carboxylic acids is 1. The van der Waals surface area contributed by atoms with Gasteiger partial charge < -0.3 is 19.1 Å². The Kier molecular flexibility index (Phi) is 7.09. The normalized spacial score (nSPS) is 15.2. The number of methoxy groups -OCH3 is 1. The van der Waals surface area contributed by atoms with Gasteiger partial charge in [0, 0.05) is 17.1 Å². The first-order chi connectivity index (χ1) is 16.0. The molecule has 1 aliphatic rings. The monoisotopic (exact) mass is 465 g/mol. The lowest BCUT2D eigenvalue weighted by atomic mass is 9.92. The summed E-state index contributed by atoms with van der Waals surface area (Å²) in [7, 11) is 1.61. The molecule has 0 radical (unpaired) electrons. The number of hydrogen-bond donors (Lipinski definition) is 0. The smallest absolute Gasteiger partial charge is 0.254 e. The van der Waals surface area contributed by atoms with Gasteiger partial charge in [-0.15, -0.1) is 0 Å². The van der Waals surface area contributed by atoms with Crippen LogP contribution < -0.4 is 14.2 Å². The van der Waals surface area contributed by atoms with E-state index in [1.54, 1.807) is 31.4 Å². The standard InChI is InChI=1S/C27H28ClNO4/c1-18(2)33-22-11-12-23-19(16-22)13-14-29(27(30)20-7-6-8-21(28)15-20)24(23)17-32-26-10-5-4-9-25(26)31-3/h4-12,15-16,18,24H,13-14,17H2,1-3H3. The van der Waals surface area contributed by atoms with Crippen LogP contribution in [-0.4, -0.2) is 37.2 Å². The van der Waals surface area contributed by atoms with E-state index in [0.717, 1.165) is 23.3 Å². The van der Waals surface area contributed by atoms with Crippen molar-refractivity contribution in [2.45, 2.75) is 32.4 Å². The molecule has 33 heavy (non-hydrogen) atoms. The lowest BCUT2D eigenvalue weighted by molar-refractivity contribution is 0.0588.